The number of anilines is 3. The van der Waals surface area contributed by atoms with Gasteiger partial charge in [-0.25, -0.2) is 15.0 Å². The van der Waals surface area contributed by atoms with Crippen LogP contribution >= 0.6 is 0 Å². The zero-order chi connectivity index (χ0) is 25.7. The highest BCUT2D eigenvalue weighted by molar-refractivity contribution is 5.78. The summed E-state index contributed by atoms with van der Waals surface area (Å²) in [6.45, 7) is 16.0. The average Bonchev–Trinajstić information content (AvgIpc) is 3.29. The second-order valence-electron chi connectivity index (χ2n) is 9.42. The number of hydrogen-bond donors (Lipinski definition) is 1. The molecule has 0 unspecified atom stereocenters. The van der Waals surface area contributed by atoms with Crippen LogP contribution in [0, 0.1) is 6.92 Å². The van der Waals surface area contributed by atoms with Gasteiger partial charge in [0.1, 0.15) is 5.82 Å². The Bertz CT molecular complexity index is 1140. The molecule has 0 spiro atoms. The van der Waals surface area contributed by atoms with E-state index in [0.717, 1.165) is 67.9 Å². The van der Waals surface area contributed by atoms with Crippen molar-refractivity contribution >= 4 is 23.2 Å². The first-order valence-corrected chi connectivity index (χ1v) is 12.9. The molecule has 2 aromatic heterocycles. The standard InChI is InChI=1S/C27H38N8O/c1-6-32(7-2)19-26(36)34-16-14-33(15-17-34)23-10-8-22(9-11-23)30-27-28-13-12-24(31-27)25-18-29-21(5)35(25)20(3)4/h8-13,18,20H,6-7,14-17,19H2,1-5H3,(H,28,30,31). The maximum absolute atomic E-state index is 12.6. The highest BCUT2D eigenvalue weighted by Crippen LogP contribution is 2.25. The predicted molar refractivity (Wildman–Crippen MR) is 145 cm³/mol. The van der Waals surface area contributed by atoms with Crippen LogP contribution in [-0.4, -0.2) is 81.0 Å². The first-order chi connectivity index (χ1) is 17.4. The Labute approximate surface area is 214 Å². The van der Waals surface area contributed by atoms with Gasteiger partial charge in [0.2, 0.25) is 11.9 Å². The van der Waals surface area contributed by atoms with Crippen molar-refractivity contribution in [1.82, 2.24) is 29.3 Å². The second-order valence-corrected chi connectivity index (χ2v) is 9.42. The predicted octanol–water partition coefficient (Wildman–Crippen LogP) is 3.96. The summed E-state index contributed by atoms with van der Waals surface area (Å²) in [5.74, 6) is 1.75. The number of amides is 1. The van der Waals surface area contributed by atoms with Crippen molar-refractivity contribution in [1.29, 1.82) is 0 Å². The van der Waals surface area contributed by atoms with Gasteiger partial charge in [0.15, 0.2) is 0 Å². The van der Waals surface area contributed by atoms with Crippen LogP contribution in [0.25, 0.3) is 11.4 Å². The topological polar surface area (TPSA) is 82.4 Å². The molecular formula is C27H38N8O. The fraction of sp³-hybridized carbons (Fsp3) is 0.481. The first-order valence-electron chi connectivity index (χ1n) is 12.9. The molecule has 1 N–H and O–H groups in total. The van der Waals surface area contributed by atoms with Crippen molar-refractivity contribution in [3.8, 4) is 11.4 Å². The minimum Gasteiger partial charge on any atom is -0.368 e. The molecule has 1 fully saturated rings. The van der Waals surface area contributed by atoms with E-state index < -0.39 is 0 Å². The lowest BCUT2D eigenvalue weighted by Crippen LogP contribution is -2.51. The molecule has 3 heterocycles. The number of hydrogen-bond acceptors (Lipinski definition) is 7. The van der Waals surface area contributed by atoms with E-state index in [9.17, 15) is 4.79 Å². The molecule has 4 rings (SSSR count). The van der Waals surface area contributed by atoms with Crippen molar-refractivity contribution in [2.24, 2.45) is 0 Å². The minimum absolute atomic E-state index is 0.228. The van der Waals surface area contributed by atoms with Crippen molar-refractivity contribution in [2.75, 3.05) is 56.0 Å². The smallest absolute Gasteiger partial charge is 0.236 e. The number of likely N-dealkylation sites (N-methyl/N-ethyl adjacent to an activating group) is 1. The van der Waals surface area contributed by atoms with Crippen LogP contribution in [0.15, 0.2) is 42.7 Å². The van der Waals surface area contributed by atoms with E-state index >= 15 is 0 Å². The third-order valence-electron chi connectivity index (χ3n) is 6.79. The van der Waals surface area contributed by atoms with E-state index in [0.29, 0.717) is 18.5 Å². The number of rotatable bonds is 9. The van der Waals surface area contributed by atoms with Crippen molar-refractivity contribution < 1.29 is 4.79 Å². The molecule has 1 saturated heterocycles. The summed E-state index contributed by atoms with van der Waals surface area (Å²) in [5.41, 5.74) is 3.91. The molecule has 0 aliphatic carbocycles. The zero-order valence-electron chi connectivity index (χ0n) is 22.1. The van der Waals surface area contributed by atoms with E-state index in [1.54, 1.807) is 6.20 Å². The van der Waals surface area contributed by atoms with Crippen LogP contribution in [0.3, 0.4) is 0 Å². The van der Waals surface area contributed by atoms with Gasteiger partial charge in [-0.1, -0.05) is 13.8 Å². The highest BCUT2D eigenvalue weighted by atomic mass is 16.2. The molecule has 0 atom stereocenters. The zero-order valence-corrected chi connectivity index (χ0v) is 22.1. The quantitative estimate of drug-likeness (QED) is 0.486. The maximum Gasteiger partial charge on any atom is 0.236 e. The Morgan fingerprint density at radius 1 is 1.03 bits per heavy atom. The monoisotopic (exact) mass is 490 g/mol. The highest BCUT2D eigenvalue weighted by Gasteiger charge is 2.22. The molecule has 0 radical (unpaired) electrons. The Kier molecular flexibility index (Phi) is 8.20. The van der Waals surface area contributed by atoms with Gasteiger partial charge in [-0.3, -0.25) is 9.69 Å². The fourth-order valence-electron chi connectivity index (χ4n) is 4.69. The van der Waals surface area contributed by atoms with Crippen LogP contribution in [0.1, 0.15) is 39.6 Å². The number of carbonyl (C=O) groups is 1. The van der Waals surface area contributed by atoms with Crippen LogP contribution in [-0.2, 0) is 4.79 Å². The Morgan fingerprint density at radius 3 is 2.36 bits per heavy atom. The Balaban J connectivity index is 1.36. The Morgan fingerprint density at radius 2 is 1.72 bits per heavy atom. The molecular weight excluding hydrogens is 452 g/mol. The summed E-state index contributed by atoms with van der Waals surface area (Å²) in [6, 6.07) is 10.5. The van der Waals surface area contributed by atoms with Crippen molar-refractivity contribution in [3.63, 3.8) is 0 Å². The third kappa shape index (κ3) is 5.84. The van der Waals surface area contributed by atoms with Crippen LogP contribution < -0.4 is 10.2 Å². The normalized spacial score (nSPS) is 14.1. The second kappa shape index (κ2) is 11.5. The molecule has 1 aromatic carbocycles. The molecule has 1 aliphatic heterocycles. The third-order valence-corrected chi connectivity index (χ3v) is 6.79. The number of carbonyl (C=O) groups excluding carboxylic acids is 1. The summed E-state index contributed by atoms with van der Waals surface area (Å²) >= 11 is 0. The number of piperazine rings is 1. The summed E-state index contributed by atoms with van der Waals surface area (Å²) in [7, 11) is 0. The lowest BCUT2D eigenvalue weighted by atomic mass is 10.2. The van der Waals surface area contributed by atoms with Crippen LogP contribution in [0.5, 0.6) is 0 Å². The molecule has 3 aromatic rings. The van der Waals surface area contributed by atoms with Crippen LogP contribution in [0.4, 0.5) is 17.3 Å². The van der Waals surface area contributed by atoms with E-state index in [-0.39, 0.29) is 5.91 Å². The number of benzene rings is 1. The summed E-state index contributed by atoms with van der Waals surface area (Å²) < 4.78 is 2.18. The van der Waals surface area contributed by atoms with Gasteiger partial charge in [-0.2, -0.15) is 0 Å². The summed E-state index contributed by atoms with van der Waals surface area (Å²) in [5, 5.41) is 3.32. The molecule has 1 aliphatic rings. The molecule has 36 heavy (non-hydrogen) atoms. The van der Waals surface area contributed by atoms with Crippen LogP contribution in [0.2, 0.25) is 0 Å². The van der Waals surface area contributed by atoms with Gasteiger partial charge < -0.3 is 19.7 Å². The molecule has 1 amide bonds. The van der Waals surface area contributed by atoms with E-state index in [1.807, 2.05) is 36.2 Å². The SMILES string of the molecule is CCN(CC)CC(=O)N1CCN(c2ccc(Nc3nccc(-c4cnc(C)n4C(C)C)n3)cc2)CC1. The number of imidazole rings is 1. The molecule has 192 valence electrons. The summed E-state index contributed by atoms with van der Waals surface area (Å²) in [6.07, 6.45) is 3.64. The number of aryl methyl sites for hydroxylation is 1. The van der Waals surface area contributed by atoms with E-state index in [1.165, 1.54) is 0 Å². The lowest BCUT2D eigenvalue weighted by molar-refractivity contribution is -0.132. The fourth-order valence-corrected chi connectivity index (χ4v) is 4.69. The van der Waals surface area contributed by atoms with Gasteiger partial charge >= 0.3 is 0 Å². The van der Waals surface area contributed by atoms with Gasteiger partial charge in [0, 0.05) is 49.8 Å². The minimum atomic E-state index is 0.228. The van der Waals surface area contributed by atoms with E-state index in [2.05, 4.69) is 69.5 Å². The van der Waals surface area contributed by atoms with Gasteiger partial charge in [0.25, 0.3) is 0 Å². The van der Waals surface area contributed by atoms with Gasteiger partial charge in [-0.05, 0) is 64.2 Å². The Hall–Kier alpha value is -3.46. The van der Waals surface area contributed by atoms with Crippen molar-refractivity contribution in [3.05, 3.63) is 48.5 Å². The number of aromatic nitrogens is 4. The van der Waals surface area contributed by atoms with Gasteiger partial charge in [-0.15, -0.1) is 0 Å². The molecule has 9 nitrogen and oxygen atoms in total. The van der Waals surface area contributed by atoms with E-state index in [4.69, 9.17) is 4.98 Å². The first kappa shape index (κ1) is 25.6. The maximum atomic E-state index is 12.6. The average molecular weight is 491 g/mol. The number of nitrogens with zero attached hydrogens (tertiary/aromatic N) is 7. The molecule has 0 saturated carbocycles. The lowest BCUT2D eigenvalue weighted by Gasteiger charge is -2.37. The van der Waals surface area contributed by atoms with Gasteiger partial charge in [0.05, 0.1) is 24.1 Å². The largest absolute Gasteiger partial charge is 0.368 e. The van der Waals surface area contributed by atoms with Crippen molar-refractivity contribution in [2.45, 2.75) is 40.7 Å². The number of nitrogens with one attached hydrogen (secondary N) is 1. The molecule has 9 heteroatoms. The molecule has 0 bridgehead atoms. The summed E-state index contributed by atoms with van der Waals surface area (Å²) in [4.78, 5) is 32.7.